The molecule has 2 aromatic heterocycles. The van der Waals surface area contributed by atoms with Gasteiger partial charge in [0.1, 0.15) is 0 Å². The van der Waals surface area contributed by atoms with Crippen LogP contribution >= 0.6 is 24.4 Å². The van der Waals surface area contributed by atoms with Gasteiger partial charge in [0.05, 0.1) is 77.2 Å². The number of fused-ring (bicyclic) bond motifs is 2. The number of aromatic nitrogens is 2. The Morgan fingerprint density at radius 3 is 1.23 bits per heavy atom. The number of oxazole rings is 2. The second-order valence-corrected chi connectivity index (χ2v) is 10.2. The number of hydrogen-bond donors (Lipinski definition) is 0. The summed E-state index contributed by atoms with van der Waals surface area (Å²) < 4.78 is 39.1. The third-order valence-electron chi connectivity index (χ3n) is 6.78. The van der Waals surface area contributed by atoms with Crippen molar-refractivity contribution in [1.29, 1.82) is 0 Å². The lowest BCUT2D eigenvalue weighted by atomic mass is 10.3. The van der Waals surface area contributed by atoms with Crippen LogP contribution in [0.3, 0.4) is 0 Å². The monoisotopic (exact) mass is 588 g/mol. The van der Waals surface area contributed by atoms with Crippen LogP contribution in [0.5, 0.6) is 0 Å². The summed E-state index contributed by atoms with van der Waals surface area (Å²) in [5.74, 6) is 0. The second kappa shape index (κ2) is 15.0. The van der Waals surface area contributed by atoms with Crippen molar-refractivity contribution in [2.45, 2.75) is 13.3 Å². The highest BCUT2D eigenvalue weighted by Crippen LogP contribution is 2.18. The van der Waals surface area contributed by atoms with Gasteiger partial charge in [-0.15, -0.1) is 0 Å². The van der Waals surface area contributed by atoms with E-state index in [9.17, 15) is 0 Å². The molecule has 1 aliphatic rings. The molecule has 1 saturated heterocycles. The summed E-state index contributed by atoms with van der Waals surface area (Å²) in [6.45, 7) is 8.53. The minimum Gasteiger partial charge on any atom is -0.429 e. The molecule has 5 rings (SSSR count). The molecule has 40 heavy (non-hydrogen) atoms. The van der Waals surface area contributed by atoms with Crippen molar-refractivity contribution in [3.05, 3.63) is 58.2 Å². The Hall–Kier alpha value is -2.42. The molecule has 0 atom stereocenters. The molecule has 0 radical (unpaired) electrons. The maximum atomic E-state index is 5.89. The van der Waals surface area contributed by atoms with Crippen LogP contribution in [-0.4, -0.2) is 98.0 Å². The average molecular weight is 589 g/mol. The third-order valence-corrected chi connectivity index (χ3v) is 7.39. The van der Waals surface area contributed by atoms with E-state index >= 15 is 0 Å². The first-order chi connectivity index (χ1) is 19.7. The Morgan fingerprint density at radius 2 is 0.850 bits per heavy atom. The van der Waals surface area contributed by atoms with Gasteiger partial charge in [-0.1, -0.05) is 24.3 Å². The lowest BCUT2D eigenvalue weighted by Gasteiger charge is -2.24. The first-order valence-electron chi connectivity index (χ1n) is 13.6. The fraction of sp³-hybridized carbons (Fsp3) is 0.500. The molecule has 1 fully saturated rings. The van der Waals surface area contributed by atoms with E-state index < -0.39 is 0 Å². The number of rotatable bonds is 4. The summed E-state index contributed by atoms with van der Waals surface area (Å²) in [6.07, 6.45) is 0. The molecule has 0 amide bonds. The molecule has 0 N–H and O–H groups in total. The van der Waals surface area contributed by atoms with Crippen molar-refractivity contribution in [3.63, 3.8) is 0 Å². The average Bonchev–Trinajstić information content (AvgIpc) is 3.45. The summed E-state index contributed by atoms with van der Waals surface area (Å²) in [5.41, 5.74) is 3.53. The number of nitrogens with zero attached hydrogens (tertiary/aromatic N) is 4. The van der Waals surface area contributed by atoms with Gasteiger partial charge in [-0.2, -0.15) is 0 Å². The maximum absolute atomic E-state index is 5.89. The molecule has 0 aliphatic carbocycles. The smallest absolute Gasteiger partial charge is 0.270 e. The molecule has 216 valence electrons. The quantitative estimate of drug-likeness (QED) is 0.317. The molecule has 2 aromatic carbocycles. The normalized spacial score (nSPS) is 18.6. The fourth-order valence-electron chi connectivity index (χ4n) is 4.62. The third kappa shape index (κ3) is 7.86. The van der Waals surface area contributed by atoms with Crippen molar-refractivity contribution in [3.8, 4) is 0 Å². The molecular formula is C28H36N4O6S2. The van der Waals surface area contributed by atoms with Gasteiger partial charge < -0.3 is 27.8 Å². The standard InChI is InChI=1S/C28H36N4O6S2/c39-27-31(23-5-1-3-7-25(23)37-27)21-29-9-13-33-17-19-35-15-11-30(12-16-36-20-18-34-14-10-29)22-32-24-6-2-4-8-26(24)38-28(32)40/h1-8H,9-22H2. The highest BCUT2D eigenvalue weighted by molar-refractivity contribution is 7.71. The summed E-state index contributed by atoms with van der Waals surface area (Å²) >= 11 is 11.0. The highest BCUT2D eigenvalue weighted by atomic mass is 32.1. The molecule has 0 bridgehead atoms. The van der Waals surface area contributed by atoms with Gasteiger partial charge in [0.25, 0.3) is 9.67 Å². The Balaban J connectivity index is 1.14. The zero-order chi connectivity index (χ0) is 27.6. The van der Waals surface area contributed by atoms with E-state index in [1.54, 1.807) is 0 Å². The van der Waals surface area contributed by atoms with Crippen molar-refractivity contribution in [2.24, 2.45) is 0 Å². The lowest BCUT2D eigenvalue weighted by Crippen LogP contribution is -2.34. The summed E-state index contributed by atoms with van der Waals surface area (Å²) in [6, 6.07) is 15.8. The summed E-state index contributed by atoms with van der Waals surface area (Å²) in [5, 5.41) is 0. The first kappa shape index (κ1) is 29.1. The van der Waals surface area contributed by atoms with Crippen LogP contribution in [0.2, 0.25) is 0 Å². The Labute approximate surface area is 243 Å². The molecule has 3 heterocycles. The SMILES string of the molecule is S=c1oc2ccccc2n1CN1CCOCCOCCN(Cn2c(=S)oc3ccccc32)CCOCCOCC1. The van der Waals surface area contributed by atoms with Gasteiger partial charge in [-0.05, 0) is 48.7 Å². The van der Waals surface area contributed by atoms with E-state index in [4.69, 9.17) is 52.2 Å². The van der Waals surface area contributed by atoms with Gasteiger partial charge in [0.15, 0.2) is 11.2 Å². The molecule has 0 saturated carbocycles. The van der Waals surface area contributed by atoms with Crippen LogP contribution in [0.1, 0.15) is 0 Å². The van der Waals surface area contributed by atoms with Crippen LogP contribution < -0.4 is 0 Å². The zero-order valence-corrected chi connectivity index (χ0v) is 24.2. The fourth-order valence-corrected chi connectivity index (χ4v) is 5.11. The van der Waals surface area contributed by atoms with Crippen LogP contribution in [-0.2, 0) is 32.3 Å². The van der Waals surface area contributed by atoms with Crippen LogP contribution in [0.4, 0.5) is 0 Å². The van der Waals surface area contributed by atoms with Gasteiger partial charge in [0, 0.05) is 26.2 Å². The van der Waals surface area contributed by atoms with Crippen LogP contribution in [0, 0.1) is 9.67 Å². The number of para-hydroxylation sites is 4. The van der Waals surface area contributed by atoms with Crippen molar-refractivity contribution >= 4 is 46.6 Å². The lowest BCUT2D eigenvalue weighted by molar-refractivity contribution is 0.00104. The maximum Gasteiger partial charge on any atom is 0.270 e. The predicted octanol–water partition coefficient (Wildman–Crippen LogP) is 4.54. The Morgan fingerprint density at radius 1 is 0.500 bits per heavy atom. The Bertz CT molecular complexity index is 1330. The van der Waals surface area contributed by atoms with E-state index in [1.165, 1.54) is 0 Å². The molecule has 1 aliphatic heterocycles. The summed E-state index contributed by atoms with van der Waals surface area (Å²) in [7, 11) is 0. The molecule has 0 unspecified atom stereocenters. The number of benzene rings is 2. The minimum absolute atomic E-state index is 0.460. The van der Waals surface area contributed by atoms with Gasteiger partial charge in [0.2, 0.25) is 0 Å². The molecular weight excluding hydrogens is 552 g/mol. The van der Waals surface area contributed by atoms with E-state index in [0.717, 1.165) is 48.4 Å². The van der Waals surface area contributed by atoms with Crippen LogP contribution in [0.15, 0.2) is 57.4 Å². The molecule has 10 nitrogen and oxygen atoms in total. The van der Waals surface area contributed by atoms with E-state index in [2.05, 4.69) is 9.80 Å². The van der Waals surface area contributed by atoms with E-state index in [-0.39, 0.29) is 0 Å². The van der Waals surface area contributed by atoms with E-state index in [0.29, 0.717) is 75.9 Å². The highest BCUT2D eigenvalue weighted by Gasteiger charge is 2.13. The number of hydrogen-bond acceptors (Lipinski definition) is 10. The largest absolute Gasteiger partial charge is 0.429 e. The van der Waals surface area contributed by atoms with Crippen molar-refractivity contribution in [2.75, 3.05) is 79.0 Å². The summed E-state index contributed by atoms with van der Waals surface area (Å²) in [4.78, 5) is 5.43. The minimum atomic E-state index is 0.460. The Kier molecular flexibility index (Phi) is 10.9. The molecule has 12 heteroatoms. The topological polar surface area (TPSA) is 79.5 Å². The zero-order valence-electron chi connectivity index (χ0n) is 22.6. The first-order valence-corrected chi connectivity index (χ1v) is 14.4. The van der Waals surface area contributed by atoms with Gasteiger partial charge in [-0.25, -0.2) is 0 Å². The van der Waals surface area contributed by atoms with Crippen molar-refractivity contribution in [1.82, 2.24) is 18.9 Å². The molecule has 4 aromatic rings. The van der Waals surface area contributed by atoms with E-state index in [1.807, 2.05) is 57.7 Å². The van der Waals surface area contributed by atoms with Crippen LogP contribution in [0.25, 0.3) is 22.2 Å². The second-order valence-electron chi connectivity index (χ2n) is 9.50. The predicted molar refractivity (Wildman–Crippen MR) is 156 cm³/mol. The van der Waals surface area contributed by atoms with Gasteiger partial charge in [-0.3, -0.25) is 18.9 Å². The number of ether oxygens (including phenoxy) is 4. The molecule has 0 spiro atoms. The van der Waals surface area contributed by atoms with Gasteiger partial charge >= 0.3 is 0 Å². The van der Waals surface area contributed by atoms with Crippen molar-refractivity contribution < 1.29 is 27.8 Å².